The van der Waals surface area contributed by atoms with E-state index in [2.05, 4.69) is 10.2 Å². The van der Waals surface area contributed by atoms with Gasteiger partial charge in [-0.1, -0.05) is 0 Å². The lowest BCUT2D eigenvalue weighted by atomic mass is 10.1. The second kappa shape index (κ2) is 10.4. The summed E-state index contributed by atoms with van der Waals surface area (Å²) in [5, 5.41) is 14.2. The van der Waals surface area contributed by atoms with Crippen LogP contribution in [0.4, 0.5) is 17.1 Å². The Labute approximate surface area is 197 Å². The van der Waals surface area contributed by atoms with Gasteiger partial charge in [0.15, 0.2) is 11.5 Å². The topological polar surface area (TPSA) is 114 Å². The zero-order valence-corrected chi connectivity index (χ0v) is 19.1. The first kappa shape index (κ1) is 23.3. The van der Waals surface area contributed by atoms with Crippen molar-refractivity contribution < 1.29 is 24.0 Å². The van der Waals surface area contributed by atoms with Gasteiger partial charge in [-0.25, -0.2) is 0 Å². The van der Waals surface area contributed by atoms with Crippen molar-refractivity contribution in [1.29, 1.82) is 0 Å². The number of fused-ring (bicyclic) bond motifs is 1. The fraction of sp³-hybridized carbons (Fsp3) is 0.417. The molecule has 10 heteroatoms. The Balaban J connectivity index is 1.51. The number of anilines is 2. The van der Waals surface area contributed by atoms with Crippen LogP contribution in [0.15, 0.2) is 36.4 Å². The zero-order valence-electron chi connectivity index (χ0n) is 19.1. The highest BCUT2D eigenvalue weighted by Gasteiger charge is 2.26. The number of carbonyl (C=O) groups excluding carboxylic acids is 2. The van der Waals surface area contributed by atoms with E-state index in [-0.39, 0.29) is 30.2 Å². The molecule has 0 aromatic heterocycles. The van der Waals surface area contributed by atoms with Gasteiger partial charge in [0.05, 0.1) is 16.2 Å². The number of nitrogens with zero attached hydrogens (tertiary/aromatic N) is 3. The predicted octanol–water partition coefficient (Wildman–Crippen LogP) is 3.46. The first-order chi connectivity index (χ1) is 16.5. The van der Waals surface area contributed by atoms with Gasteiger partial charge in [-0.3, -0.25) is 19.7 Å². The van der Waals surface area contributed by atoms with Gasteiger partial charge in [-0.05, 0) is 44.4 Å². The number of hydrogen-bond donors (Lipinski definition) is 1. The number of carbonyl (C=O) groups is 2. The van der Waals surface area contributed by atoms with Crippen LogP contribution in [0.1, 0.15) is 36.5 Å². The standard InChI is InChI=1S/C24H28N4O6/c1-2-26(16-23(29)25-17-6-9-21-22(14-17)34-13-12-33-21)24(30)19-15-18(28(31)32)7-8-20(19)27-10-4-3-5-11-27/h6-9,14-15H,2-5,10-13,16H2,1H3,(H,25,29). The maximum absolute atomic E-state index is 13.5. The van der Waals surface area contributed by atoms with E-state index in [9.17, 15) is 19.7 Å². The molecule has 0 spiro atoms. The third kappa shape index (κ3) is 5.22. The van der Waals surface area contributed by atoms with Crippen molar-refractivity contribution in [3.63, 3.8) is 0 Å². The van der Waals surface area contributed by atoms with Gasteiger partial charge in [0.2, 0.25) is 5.91 Å². The Kier molecular flexibility index (Phi) is 7.15. The zero-order chi connectivity index (χ0) is 24.1. The van der Waals surface area contributed by atoms with Crippen LogP contribution in [0, 0.1) is 10.1 Å². The fourth-order valence-corrected chi connectivity index (χ4v) is 4.21. The van der Waals surface area contributed by atoms with Crippen molar-refractivity contribution in [1.82, 2.24) is 4.90 Å². The highest BCUT2D eigenvalue weighted by Crippen LogP contribution is 2.33. The highest BCUT2D eigenvalue weighted by atomic mass is 16.6. The Morgan fingerprint density at radius 3 is 2.50 bits per heavy atom. The smallest absolute Gasteiger partial charge is 0.270 e. The van der Waals surface area contributed by atoms with Gasteiger partial charge in [-0.15, -0.1) is 0 Å². The van der Waals surface area contributed by atoms with Crippen molar-refractivity contribution in [2.75, 3.05) is 49.6 Å². The summed E-state index contributed by atoms with van der Waals surface area (Å²) in [5.74, 6) is 0.377. The van der Waals surface area contributed by atoms with E-state index in [4.69, 9.17) is 9.47 Å². The van der Waals surface area contributed by atoms with Crippen molar-refractivity contribution in [3.8, 4) is 11.5 Å². The number of likely N-dealkylation sites (N-methyl/N-ethyl adjacent to an activating group) is 1. The van der Waals surface area contributed by atoms with Crippen LogP contribution in [0.25, 0.3) is 0 Å². The molecule has 34 heavy (non-hydrogen) atoms. The molecule has 1 saturated heterocycles. The van der Waals surface area contributed by atoms with E-state index in [1.54, 1.807) is 31.2 Å². The number of piperidine rings is 1. The summed E-state index contributed by atoms with van der Waals surface area (Å²) in [6.07, 6.45) is 3.12. The average Bonchev–Trinajstić information content (AvgIpc) is 2.87. The van der Waals surface area contributed by atoms with E-state index in [0.29, 0.717) is 36.1 Å². The second-order valence-electron chi connectivity index (χ2n) is 8.23. The average molecular weight is 469 g/mol. The Morgan fingerprint density at radius 2 is 1.79 bits per heavy atom. The van der Waals surface area contributed by atoms with E-state index in [0.717, 1.165) is 32.4 Å². The molecule has 2 aromatic rings. The molecule has 10 nitrogen and oxygen atoms in total. The van der Waals surface area contributed by atoms with Crippen molar-refractivity contribution >= 4 is 28.9 Å². The van der Waals surface area contributed by atoms with Gasteiger partial charge in [0, 0.05) is 43.5 Å². The number of nitrogens with one attached hydrogen (secondary N) is 1. The minimum Gasteiger partial charge on any atom is -0.486 e. The van der Waals surface area contributed by atoms with E-state index in [1.807, 2.05) is 0 Å². The van der Waals surface area contributed by atoms with Crippen LogP contribution >= 0.6 is 0 Å². The molecule has 0 unspecified atom stereocenters. The Hall–Kier alpha value is -3.82. The maximum Gasteiger partial charge on any atom is 0.270 e. The number of non-ortho nitro benzene ring substituents is 1. The Morgan fingerprint density at radius 1 is 1.06 bits per heavy atom. The van der Waals surface area contributed by atoms with Gasteiger partial charge < -0.3 is 24.6 Å². The minimum atomic E-state index is -0.512. The molecule has 2 aliphatic rings. The highest BCUT2D eigenvalue weighted by molar-refractivity contribution is 6.03. The molecule has 2 heterocycles. The Bertz CT molecular complexity index is 1080. The van der Waals surface area contributed by atoms with Crippen LogP contribution < -0.4 is 19.7 Å². The number of rotatable bonds is 7. The van der Waals surface area contributed by atoms with Crippen LogP contribution in [0.3, 0.4) is 0 Å². The number of nitro benzene ring substituents is 1. The first-order valence-corrected chi connectivity index (χ1v) is 11.5. The van der Waals surface area contributed by atoms with Gasteiger partial charge in [-0.2, -0.15) is 0 Å². The largest absolute Gasteiger partial charge is 0.486 e. The van der Waals surface area contributed by atoms with E-state index in [1.165, 1.54) is 17.0 Å². The number of ether oxygens (including phenoxy) is 2. The van der Waals surface area contributed by atoms with Crippen LogP contribution in [0.2, 0.25) is 0 Å². The third-order valence-corrected chi connectivity index (χ3v) is 5.95. The SMILES string of the molecule is CCN(CC(=O)Nc1ccc2c(c1)OCCO2)C(=O)c1cc([N+](=O)[O-])ccc1N1CCCCC1. The van der Waals surface area contributed by atoms with Crippen molar-refractivity contribution in [3.05, 3.63) is 52.1 Å². The molecule has 2 amide bonds. The molecule has 0 atom stereocenters. The molecule has 0 bridgehead atoms. The molecule has 180 valence electrons. The summed E-state index contributed by atoms with van der Waals surface area (Å²) in [5.41, 5.74) is 1.29. The van der Waals surface area contributed by atoms with Crippen molar-refractivity contribution in [2.45, 2.75) is 26.2 Å². The minimum absolute atomic E-state index is 0.152. The number of benzene rings is 2. The summed E-state index contributed by atoms with van der Waals surface area (Å²) >= 11 is 0. The summed E-state index contributed by atoms with van der Waals surface area (Å²) < 4.78 is 11.0. The van der Waals surface area contributed by atoms with Gasteiger partial charge in [0.25, 0.3) is 11.6 Å². The predicted molar refractivity (Wildman–Crippen MR) is 127 cm³/mol. The number of amides is 2. The third-order valence-electron chi connectivity index (χ3n) is 5.95. The second-order valence-corrected chi connectivity index (χ2v) is 8.23. The molecule has 0 aliphatic carbocycles. The maximum atomic E-state index is 13.5. The summed E-state index contributed by atoms with van der Waals surface area (Å²) in [6.45, 7) is 4.34. The first-order valence-electron chi connectivity index (χ1n) is 11.5. The molecule has 2 aliphatic heterocycles. The monoisotopic (exact) mass is 468 g/mol. The number of hydrogen-bond acceptors (Lipinski definition) is 7. The lowest BCUT2D eigenvalue weighted by molar-refractivity contribution is -0.384. The van der Waals surface area contributed by atoms with Crippen LogP contribution in [-0.4, -0.2) is 61.0 Å². The number of nitro groups is 1. The molecule has 0 radical (unpaired) electrons. The molecule has 1 N–H and O–H groups in total. The lowest BCUT2D eigenvalue weighted by Crippen LogP contribution is -2.39. The van der Waals surface area contributed by atoms with Gasteiger partial charge >= 0.3 is 0 Å². The lowest BCUT2D eigenvalue weighted by Gasteiger charge is -2.31. The fourth-order valence-electron chi connectivity index (χ4n) is 4.21. The van der Waals surface area contributed by atoms with Crippen LogP contribution in [0.5, 0.6) is 11.5 Å². The quantitative estimate of drug-likeness (QED) is 0.489. The molecule has 0 saturated carbocycles. The van der Waals surface area contributed by atoms with Crippen LogP contribution in [-0.2, 0) is 4.79 Å². The van der Waals surface area contributed by atoms with E-state index < -0.39 is 10.8 Å². The van der Waals surface area contributed by atoms with Gasteiger partial charge in [0.1, 0.15) is 19.8 Å². The van der Waals surface area contributed by atoms with E-state index >= 15 is 0 Å². The molecule has 2 aromatic carbocycles. The normalized spacial score (nSPS) is 14.9. The van der Waals surface area contributed by atoms with Crippen molar-refractivity contribution in [2.24, 2.45) is 0 Å². The summed E-state index contributed by atoms with van der Waals surface area (Å²) in [4.78, 5) is 40.5. The molecular weight excluding hydrogens is 440 g/mol. The molecule has 1 fully saturated rings. The molecule has 4 rings (SSSR count). The summed E-state index contributed by atoms with van der Waals surface area (Å²) in [7, 11) is 0. The summed E-state index contributed by atoms with van der Waals surface area (Å²) in [6, 6.07) is 9.48. The molecular formula is C24H28N4O6.